The molecule has 0 aliphatic heterocycles. The number of pyridine rings is 1. The third-order valence-electron chi connectivity index (χ3n) is 1.18. The van der Waals surface area contributed by atoms with Crippen molar-refractivity contribution in [1.82, 2.24) is 4.98 Å². The highest BCUT2D eigenvalue weighted by molar-refractivity contribution is 6.31. The van der Waals surface area contributed by atoms with Crippen LogP contribution in [0.15, 0.2) is 12.4 Å². The third kappa shape index (κ3) is 1.27. The van der Waals surface area contributed by atoms with Crippen LogP contribution < -0.4 is 0 Å². The summed E-state index contributed by atoms with van der Waals surface area (Å²) in [5, 5.41) is 0.137. The molecule has 3 heteroatoms. The van der Waals surface area contributed by atoms with Crippen molar-refractivity contribution >= 4 is 11.6 Å². The molecule has 0 N–H and O–H groups in total. The molecule has 1 aromatic rings. The summed E-state index contributed by atoms with van der Waals surface area (Å²) in [4.78, 5) is 3.63. The van der Waals surface area contributed by atoms with Gasteiger partial charge in [-0.15, -0.1) is 0 Å². The molecule has 1 radical (unpaired) electrons. The van der Waals surface area contributed by atoms with Gasteiger partial charge in [-0.25, -0.2) is 4.39 Å². The minimum Gasteiger partial charge on any atom is -0.261 e. The van der Waals surface area contributed by atoms with Gasteiger partial charge in [0.1, 0.15) is 0 Å². The van der Waals surface area contributed by atoms with Crippen LogP contribution >= 0.6 is 11.6 Å². The van der Waals surface area contributed by atoms with Gasteiger partial charge < -0.3 is 0 Å². The molecule has 0 aliphatic rings. The van der Waals surface area contributed by atoms with E-state index in [1.165, 1.54) is 6.20 Å². The van der Waals surface area contributed by atoms with Gasteiger partial charge in [0, 0.05) is 6.20 Å². The first-order valence-electron chi connectivity index (χ1n) is 2.84. The maximum atomic E-state index is 12.6. The molecule has 0 atom stereocenters. The number of rotatable bonds is 1. The largest absolute Gasteiger partial charge is 0.261 e. The molecule has 10 heavy (non-hydrogen) atoms. The third-order valence-corrected chi connectivity index (χ3v) is 1.57. The molecule has 1 nitrogen and oxygen atoms in total. The van der Waals surface area contributed by atoms with Crippen molar-refractivity contribution < 1.29 is 4.39 Å². The lowest BCUT2D eigenvalue weighted by Gasteiger charge is -1.97. The topological polar surface area (TPSA) is 12.9 Å². The second-order valence-electron chi connectivity index (χ2n) is 1.81. The Morgan fingerprint density at radius 3 is 2.80 bits per heavy atom. The van der Waals surface area contributed by atoms with Crippen LogP contribution in [-0.4, -0.2) is 4.98 Å². The van der Waals surface area contributed by atoms with E-state index in [2.05, 4.69) is 4.98 Å². The van der Waals surface area contributed by atoms with E-state index in [0.29, 0.717) is 5.56 Å². The van der Waals surface area contributed by atoms with Crippen molar-refractivity contribution in [2.75, 3.05) is 0 Å². The Hall–Kier alpha value is -0.630. The van der Waals surface area contributed by atoms with E-state index < -0.39 is 5.82 Å². The number of hydrogen-bond donors (Lipinski definition) is 0. The summed E-state index contributed by atoms with van der Waals surface area (Å²) in [6.45, 7) is 1.78. The smallest absolute Gasteiger partial charge is 0.160 e. The van der Waals surface area contributed by atoms with E-state index in [-0.39, 0.29) is 5.02 Å². The Morgan fingerprint density at radius 1 is 1.60 bits per heavy atom. The molecule has 0 unspecified atom stereocenters. The van der Waals surface area contributed by atoms with Crippen molar-refractivity contribution in [2.24, 2.45) is 0 Å². The molecule has 53 valence electrons. The highest BCUT2D eigenvalue weighted by atomic mass is 35.5. The van der Waals surface area contributed by atoms with Crippen molar-refractivity contribution in [2.45, 2.75) is 6.92 Å². The van der Waals surface area contributed by atoms with Crippen LogP contribution in [0.25, 0.3) is 0 Å². The van der Waals surface area contributed by atoms with Crippen molar-refractivity contribution in [3.8, 4) is 0 Å². The summed E-state index contributed by atoms with van der Waals surface area (Å²) in [5.74, 6) is -0.475. The first-order valence-corrected chi connectivity index (χ1v) is 3.22. The summed E-state index contributed by atoms with van der Waals surface area (Å²) in [6, 6.07) is 0. The lowest BCUT2D eigenvalue weighted by atomic mass is 10.2. The second-order valence-corrected chi connectivity index (χ2v) is 2.19. The minimum atomic E-state index is -0.475. The van der Waals surface area contributed by atoms with Crippen molar-refractivity contribution in [1.29, 1.82) is 0 Å². The first-order chi connectivity index (χ1) is 4.75. The van der Waals surface area contributed by atoms with Crippen LogP contribution in [0.3, 0.4) is 0 Å². The standard InChI is InChI=1S/C7H6ClFN/c1-2-5-3-10-4-6(9)7(5)8/h2-4H,1H3. The van der Waals surface area contributed by atoms with Gasteiger partial charge in [0.05, 0.1) is 11.2 Å². The molecule has 0 bridgehead atoms. The summed E-state index contributed by atoms with van der Waals surface area (Å²) in [7, 11) is 0. The van der Waals surface area contributed by atoms with Crippen LogP contribution in [-0.2, 0) is 0 Å². The van der Waals surface area contributed by atoms with Gasteiger partial charge in [0.25, 0.3) is 0 Å². The fraction of sp³-hybridized carbons (Fsp3) is 0.143. The minimum absolute atomic E-state index is 0.137. The van der Waals surface area contributed by atoms with E-state index in [1.54, 1.807) is 13.3 Å². The van der Waals surface area contributed by atoms with Crippen molar-refractivity contribution in [3.63, 3.8) is 0 Å². The van der Waals surface area contributed by atoms with Gasteiger partial charge in [-0.1, -0.05) is 18.5 Å². The number of halogens is 2. The maximum absolute atomic E-state index is 12.6. The van der Waals surface area contributed by atoms with Crippen molar-refractivity contribution in [3.05, 3.63) is 35.2 Å². The number of hydrogen-bond acceptors (Lipinski definition) is 1. The normalized spacial score (nSPS) is 9.90. The van der Waals surface area contributed by atoms with Crippen LogP contribution in [0.4, 0.5) is 4.39 Å². The molecule has 0 saturated carbocycles. The Bertz CT molecular complexity index is 237. The van der Waals surface area contributed by atoms with Crippen LogP contribution in [0.5, 0.6) is 0 Å². The Kier molecular flexibility index (Phi) is 2.22. The summed E-state index contributed by atoms with van der Waals surface area (Å²) >= 11 is 5.55. The second kappa shape index (κ2) is 2.97. The van der Waals surface area contributed by atoms with Gasteiger partial charge >= 0.3 is 0 Å². The molecule has 0 spiro atoms. The monoisotopic (exact) mass is 158 g/mol. The number of nitrogens with zero attached hydrogens (tertiary/aromatic N) is 1. The zero-order chi connectivity index (χ0) is 7.56. The quantitative estimate of drug-likeness (QED) is 0.612. The molecule has 0 aliphatic carbocycles. The fourth-order valence-electron chi connectivity index (χ4n) is 0.635. The van der Waals surface area contributed by atoms with Crippen LogP contribution in [0.1, 0.15) is 12.5 Å². The number of aromatic nitrogens is 1. The summed E-state index contributed by atoms with van der Waals surface area (Å²) < 4.78 is 12.6. The van der Waals surface area contributed by atoms with E-state index in [9.17, 15) is 4.39 Å². The predicted octanol–water partition coefficient (Wildman–Crippen LogP) is 2.45. The lowest BCUT2D eigenvalue weighted by molar-refractivity contribution is 0.620. The van der Waals surface area contributed by atoms with Crippen LogP contribution in [0, 0.1) is 12.2 Å². The Labute approximate surface area is 63.8 Å². The average molecular weight is 159 g/mol. The lowest BCUT2D eigenvalue weighted by Crippen LogP contribution is -1.86. The molecule has 0 aromatic carbocycles. The van der Waals surface area contributed by atoms with Gasteiger partial charge in [0.2, 0.25) is 0 Å². The molecular weight excluding hydrogens is 153 g/mol. The molecular formula is C7H6ClFN. The van der Waals surface area contributed by atoms with Gasteiger partial charge in [0.15, 0.2) is 5.82 Å². The molecule has 1 rings (SSSR count). The maximum Gasteiger partial charge on any atom is 0.160 e. The highest BCUT2D eigenvalue weighted by Gasteiger charge is 2.02. The van der Waals surface area contributed by atoms with Gasteiger partial charge in [-0.05, 0) is 12.0 Å². The molecule has 1 heterocycles. The zero-order valence-electron chi connectivity index (χ0n) is 5.44. The van der Waals surface area contributed by atoms with E-state index >= 15 is 0 Å². The first kappa shape index (κ1) is 7.48. The van der Waals surface area contributed by atoms with E-state index in [0.717, 1.165) is 6.20 Å². The molecule has 0 saturated heterocycles. The molecule has 1 aromatic heterocycles. The summed E-state index contributed by atoms with van der Waals surface area (Å²) in [5.41, 5.74) is 0.627. The Morgan fingerprint density at radius 2 is 2.30 bits per heavy atom. The fourth-order valence-corrected chi connectivity index (χ4v) is 0.842. The van der Waals surface area contributed by atoms with E-state index in [4.69, 9.17) is 11.6 Å². The van der Waals surface area contributed by atoms with Gasteiger partial charge in [-0.3, -0.25) is 4.98 Å². The zero-order valence-corrected chi connectivity index (χ0v) is 6.19. The van der Waals surface area contributed by atoms with E-state index in [1.807, 2.05) is 0 Å². The summed E-state index contributed by atoms with van der Waals surface area (Å²) in [6.07, 6.45) is 4.32. The highest BCUT2D eigenvalue weighted by Crippen LogP contribution is 2.18. The molecule has 0 fully saturated rings. The molecule has 0 amide bonds. The predicted molar refractivity (Wildman–Crippen MR) is 38.3 cm³/mol. The SMILES string of the molecule is C[CH]c1cncc(F)c1Cl. The van der Waals surface area contributed by atoms with Gasteiger partial charge in [-0.2, -0.15) is 0 Å². The Balaban J connectivity index is 3.14. The van der Waals surface area contributed by atoms with Crippen LogP contribution in [0.2, 0.25) is 5.02 Å². The average Bonchev–Trinajstić information content (AvgIpc) is 1.95.